The molecule has 2 aliphatic heterocycles. The molecule has 0 spiro atoms. The molecular weight excluding hydrogens is 353 g/mol. The third kappa shape index (κ3) is 4.03. The van der Waals surface area contributed by atoms with Crippen molar-refractivity contribution < 1.29 is 14.4 Å². The number of benzene rings is 1. The van der Waals surface area contributed by atoms with Crippen LogP contribution in [0, 0.1) is 12.8 Å². The van der Waals surface area contributed by atoms with E-state index in [0.29, 0.717) is 25.1 Å². The Kier molecular flexibility index (Phi) is 6.01. The van der Waals surface area contributed by atoms with Gasteiger partial charge in [-0.25, -0.2) is 0 Å². The topological polar surface area (TPSA) is 69.7 Å². The zero-order chi connectivity index (χ0) is 20.4. The Bertz CT molecular complexity index is 778. The number of nitrogens with one attached hydrogen (secondary N) is 1. The number of rotatable bonds is 6. The Balaban J connectivity index is 1.77. The molecule has 2 amide bonds. The molecule has 148 valence electrons. The number of ketones is 1. The monoisotopic (exact) mass is 381 g/mol. The van der Waals surface area contributed by atoms with E-state index in [2.05, 4.69) is 11.8 Å². The molecule has 2 saturated heterocycles. The molecule has 2 aliphatic rings. The number of fused-ring (bicyclic) bond motifs is 1. The number of carbonyl (C=O) groups excluding carboxylic acids is 3. The Morgan fingerprint density at radius 2 is 1.96 bits per heavy atom. The average molecular weight is 381 g/mol. The number of hydrogen-bond donors (Lipinski definition) is 1. The Morgan fingerprint density at radius 1 is 1.29 bits per heavy atom. The van der Waals surface area contributed by atoms with E-state index in [1.54, 1.807) is 24.1 Å². The van der Waals surface area contributed by atoms with Crippen LogP contribution >= 0.6 is 0 Å². The third-order valence-electron chi connectivity index (χ3n) is 5.60. The predicted molar refractivity (Wildman–Crippen MR) is 110 cm³/mol. The van der Waals surface area contributed by atoms with Gasteiger partial charge in [0.1, 0.15) is 0 Å². The van der Waals surface area contributed by atoms with Crippen molar-refractivity contribution in [2.45, 2.75) is 51.7 Å². The molecule has 1 aromatic carbocycles. The summed E-state index contributed by atoms with van der Waals surface area (Å²) in [4.78, 5) is 42.1. The van der Waals surface area contributed by atoms with Crippen LogP contribution < -0.4 is 5.32 Å². The van der Waals surface area contributed by atoms with Crippen molar-refractivity contribution in [3.05, 3.63) is 35.4 Å². The molecule has 0 aromatic heterocycles. The Hall–Kier alpha value is -2.44. The van der Waals surface area contributed by atoms with E-state index < -0.39 is 12.1 Å². The summed E-state index contributed by atoms with van der Waals surface area (Å²) in [5.41, 5.74) is 1.60. The van der Waals surface area contributed by atoms with E-state index in [9.17, 15) is 14.4 Å². The first-order valence-electron chi connectivity index (χ1n) is 9.91. The van der Waals surface area contributed by atoms with E-state index in [-0.39, 0.29) is 29.6 Å². The van der Waals surface area contributed by atoms with Gasteiger partial charge in [0, 0.05) is 0 Å². The van der Waals surface area contributed by atoms with Crippen molar-refractivity contribution in [1.82, 2.24) is 15.0 Å². The SMILES string of the molecule is C=BN1CC(=O)[C@@H]2[C@H]1CCN2C(=O)[C@H](CC(C)C)NC(=O)c1ccc(C)cc1. The molecule has 1 aromatic rings. The number of likely N-dealkylation sites (tertiary alicyclic amines) is 1. The van der Waals surface area contributed by atoms with Gasteiger partial charge in [-0.15, -0.1) is 0 Å². The summed E-state index contributed by atoms with van der Waals surface area (Å²) in [7, 11) is 1.68. The van der Waals surface area contributed by atoms with Crippen LogP contribution in [-0.2, 0) is 9.59 Å². The standard InChI is InChI=1S/C21H28BN3O3/c1-13(2)11-16(23-20(27)15-7-5-14(3)6-8-15)21(28)24-10-9-17-19(24)18(26)12-25(17)22-4/h5-8,13,16-17,19H,4,9-12H2,1-3H3,(H,23,27)/t16-,17+,19-/m0/s1. The molecule has 6 nitrogen and oxygen atoms in total. The first-order valence-corrected chi connectivity index (χ1v) is 9.91. The van der Waals surface area contributed by atoms with Gasteiger partial charge in [0.2, 0.25) is 0 Å². The van der Waals surface area contributed by atoms with Crippen LogP contribution in [0.15, 0.2) is 24.3 Å². The van der Waals surface area contributed by atoms with Gasteiger partial charge in [-0.05, 0) is 6.92 Å². The third-order valence-corrected chi connectivity index (χ3v) is 5.60. The second-order valence-electron chi connectivity index (χ2n) is 8.18. The van der Waals surface area contributed by atoms with Crippen LogP contribution in [0.2, 0.25) is 0 Å². The van der Waals surface area contributed by atoms with Crippen molar-refractivity contribution in [1.29, 1.82) is 0 Å². The molecule has 3 rings (SSSR count). The fourth-order valence-corrected chi connectivity index (χ4v) is 4.19. The van der Waals surface area contributed by atoms with Gasteiger partial charge in [0.25, 0.3) is 0 Å². The summed E-state index contributed by atoms with van der Waals surface area (Å²) >= 11 is 0. The summed E-state index contributed by atoms with van der Waals surface area (Å²) < 4.78 is 0. The van der Waals surface area contributed by atoms with Crippen molar-refractivity contribution >= 4 is 31.1 Å². The number of nitrogens with zero attached hydrogens (tertiary/aromatic N) is 2. The quantitative estimate of drug-likeness (QED) is 0.748. The molecule has 0 aliphatic carbocycles. The van der Waals surface area contributed by atoms with Crippen LogP contribution in [0.25, 0.3) is 0 Å². The molecule has 2 fully saturated rings. The van der Waals surface area contributed by atoms with Gasteiger partial charge < -0.3 is 0 Å². The summed E-state index contributed by atoms with van der Waals surface area (Å²) in [6.07, 6.45) is 1.28. The van der Waals surface area contributed by atoms with E-state index in [0.717, 1.165) is 12.0 Å². The molecule has 2 heterocycles. The zero-order valence-corrected chi connectivity index (χ0v) is 16.9. The first-order chi connectivity index (χ1) is 13.3. The number of aryl methyl sites for hydroxylation is 1. The van der Waals surface area contributed by atoms with Crippen LogP contribution in [0.5, 0.6) is 0 Å². The number of Topliss-reactive ketones (excluding diaryl/α,β-unsaturated/α-hetero) is 1. The van der Waals surface area contributed by atoms with Gasteiger partial charge in [-0.1, -0.05) is 0 Å². The van der Waals surface area contributed by atoms with Crippen LogP contribution in [0.1, 0.15) is 42.6 Å². The average Bonchev–Trinajstić information content (AvgIpc) is 3.22. The summed E-state index contributed by atoms with van der Waals surface area (Å²) in [6, 6.07) is 6.20. The number of amides is 2. The second-order valence-corrected chi connectivity index (χ2v) is 8.18. The molecule has 0 radical (unpaired) electrons. The van der Waals surface area contributed by atoms with E-state index in [1.807, 2.05) is 37.7 Å². The first kappa shape index (κ1) is 20.3. The van der Waals surface area contributed by atoms with Gasteiger partial charge in [0.15, 0.2) is 0 Å². The van der Waals surface area contributed by atoms with Crippen LogP contribution in [0.3, 0.4) is 0 Å². The molecule has 0 bridgehead atoms. The van der Waals surface area contributed by atoms with Gasteiger partial charge in [-0.3, -0.25) is 0 Å². The molecular formula is C21H28BN3O3. The number of hydrogen-bond acceptors (Lipinski definition) is 4. The molecule has 7 heteroatoms. The molecule has 3 atom stereocenters. The molecule has 28 heavy (non-hydrogen) atoms. The molecule has 0 saturated carbocycles. The van der Waals surface area contributed by atoms with Crippen molar-refractivity contribution in [3.63, 3.8) is 0 Å². The molecule has 1 N–H and O–H groups in total. The van der Waals surface area contributed by atoms with Gasteiger partial charge in [-0.2, -0.15) is 0 Å². The summed E-state index contributed by atoms with van der Waals surface area (Å²) in [6.45, 7) is 10.6. The maximum absolute atomic E-state index is 13.3. The zero-order valence-electron chi connectivity index (χ0n) is 16.9. The van der Waals surface area contributed by atoms with E-state index >= 15 is 0 Å². The maximum atomic E-state index is 13.3. The number of carbonyl (C=O) groups is 3. The van der Waals surface area contributed by atoms with Crippen molar-refractivity contribution in [2.24, 2.45) is 5.92 Å². The van der Waals surface area contributed by atoms with Crippen molar-refractivity contribution in [2.75, 3.05) is 13.1 Å². The Labute approximate surface area is 167 Å². The molecule has 0 unspecified atom stereocenters. The van der Waals surface area contributed by atoms with Crippen LogP contribution in [-0.4, -0.2) is 72.0 Å². The van der Waals surface area contributed by atoms with Gasteiger partial charge in [0.05, 0.1) is 0 Å². The van der Waals surface area contributed by atoms with E-state index in [4.69, 9.17) is 0 Å². The normalized spacial score (nSPS) is 22.2. The Morgan fingerprint density at radius 3 is 2.57 bits per heavy atom. The fraction of sp³-hybridized carbons (Fsp3) is 0.524. The predicted octanol–water partition coefficient (Wildman–Crippen LogP) is 1.04. The van der Waals surface area contributed by atoms with Gasteiger partial charge >= 0.3 is 160 Å². The second kappa shape index (κ2) is 8.29. The minimum absolute atomic E-state index is 0.00134. The van der Waals surface area contributed by atoms with Crippen molar-refractivity contribution in [3.8, 4) is 0 Å². The van der Waals surface area contributed by atoms with E-state index in [1.165, 1.54) is 0 Å². The summed E-state index contributed by atoms with van der Waals surface area (Å²) in [5, 5.41) is 2.91. The van der Waals surface area contributed by atoms with Crippen LogP contribution in [0.4, 0.5) is 0 Å². The summed E-state index contributed by atoms with van der Waals surface area (Å²) in [5.74, 6) is -0.153. The fourth-order valence-electron chi connectivity index (χ4n) is 4.19. The minimum atomic E-state index is -0.641.